The third kappa shape index (κ3) is 10.5. The van der Waals surface area contributed by atoms with Crippen LogP contribution in [-0.4, -0.2) is 68.7 Å². The number of imidazole rings is 2. The Bertz CT molecular complexity index is 1190. The molecular weight excluding hydrogens is 522 g/mol. The van der Waals surface area contributed by atoms with Crippen LogP contribution in [0.2, 0.25) is 0 Å². The summed E-state index contributed by atoms with van der Waals surface area (Å²) in [7, 11) is 0. The van der Waals surface area contributed by atoms with Crippen LogP contribution in [0.4, 0.5) is 9.59 Å². The van der Waals surface area contributed by atoms with Gasteiger partial charge in [-0.25, -0.2) is 19.6 Å². The SMILES string of the molecule is CCN(C[C@@H](Cc1ccccc1)NC(=O)OCc1c[nH]cn1)C[C@@H](Cc1ccccc1)NC(=O)OCc1c[nH]cn1. The number of aromatic amines is 2. The lowest BCUT2D eigenvalue weighted by Gasteiger charge is -2.30. The predicted molar refractivity (Wildman–Crippen MR) is 154 cm³/mol. The third-order valence-corrected chi connectivity index (χ3v) is 6.51. The first-order chi connectivity index (χ1) is 20.1. The summed E-state index contributed by atoms with van der Waals surface area (Å²) in [4.78, 5) is 41.5. The minimum Gasteiger partial charge on any atom is -0.443 e. The molecule has 0 unspecified atom stereocenters. The highest BCUT2D eigenvalue weighted by Crippen LogP contribution is 2.10. The summed E-state index contributed by atoms with van der Waals surface area (Å²) in [6.45, 7) is 4.04. The van der Waals surface area contributed by atoms with E-state index in [1.807, 2.05) is 60.7 Å². The van der Waals surface area contributed by atoms with Crippen molar-refractivity contribution in [3.05, 3.63) is 108 Å². The van der Waals surface area contributed by atoms with Crippen molar-refractivity contribution in [1.82, 2.24) is 35.5 Å². The van der Waals surface area contributed by atoms with Crippen LogP contribution in [0.25, 0.3) is 0 Å². The molecule has 2 heterocycles. The zero-order chi connectivity index (χ0) is 28.7. The van der Waals surface area contributed by atoms with Gasteiger partial charge in [-0.1, -0.05) is 67.6 Å². The Morgan fingerprint density at radius 1 is 0.756 bits per heavy atom. The Balaban J connectivity index is 1.41. The van der Waals surface area contributed by atoms with Crippen LogP contribution in [0, 0.1) is 0 Å². The fourth-order valence-corrected chi connectivity index (χ4v) is 4.51. The number of nitrogens with zero attached hydrogens (tertiary/aromatic N) is 3. The Hall–Kier alpha value is -4.64. The van der Waals surface area contributed by atoms with E-state index < -0.39 is 12.2 Å². The maximum Gasteiger partial charge on any atom is 0.407 e. The number of carbonyl (C=O) groups is 2. The number of alkyl carbamates (subject to hydrolysis) is 2. The Morgan fingerprint density at radius 2 is 1.20 bits per heavy atom. The quantitative estimate of drug-likeness (QED) is 0.174. The average Bonchev–Trinajstić information content (AvgIpc) is 3.70. The van der Waals surface area contributed by atoms with Crippen molar-refractivity contribution in [2.24, 2.45) is 0 Å². The van der Waals surface area contributed by atoms with Crippen LogP contribution in [0.3, 0.4) is 0 Å². The first-order valence-corrected chi connectivity index (χ1v) is 13.7. The van der Waals surface area contributed by atoms with Gasteiger partial charge in [0, 0.05) is 37.6 Å². The van der Waals surface area contributed by atoms with Gasteiger partial charge in [0.15, 0.2) is 0 Å². The number of rotatable bonds is 15. The Labute approximate surface area is 239 Å². The fourth-order valence-electron chi connectivity index (χ4n) is 4.51. The standard InChI is InChI=1S/C30H37N7O4/c1-2-37(17-25(13-23-9-5-3-6-10-23)35-29(38)40-19-27-15-31-21-33-27)18-26(14-24-11-7-4-8-12-24)36-30(39)41-20-28-16-32-22-34-28/h3-12,15-16,21-22,25-26H,2,13-14,17-20H2,1H3,(H,31,33)(H,32,34)(H,35,38)(H,36,39)/t25-,26-/m1/s1. The third-order valence-electron chi connectivity index (χ3n) is 6.51. The number of likely N-dealkylation sites (N-methyl/N-ethyl adjacent to an activating group) is 1. The van der Waals surface area contributed by atoms with Crippen molar-refractivity contribution >= 4 is 12.2 Å². The summed E-state index contributed by atoms with van der Waals surface area (Å²) < 4.78 is 10.8. The number of amides is 2. The van der Waals surface area contributed by atoms with Gasteiger partial charge in [-0.2, -0.15) is 0 Å². The Morgan fingerprint density at radius 3 is 1.56 bits per heavy atom. The largest absolute Gasteiger partial charge is 0.443 e. The predicted octanol–water partition coefficient (Wildman–Crippen LogP) is 3.83. The molecule has 11 heteroatoms. The Kier molecular flexibility index (Phi) is 11.3. The van der Waals surface area contributed by atoms with Crippen molar-refractivity contribution in [2.45, 2.75) is 45.1 Å². The molecule has 4 rings (SSSR count). The number of H-pyrrole nitrogens is 2. The van der Waals surface area contributed by atoms with Gasteiger partial charge in [0.2, 0.25) is 0 Å². The van der Waals surface area contributed by atoms with Crippen LogP contribution >= 0.6 is 0 Å². The minimum atomic E-state index is -0.508. The summed E-state index contributed by atoms with van der Waals surface area (Å²) in [5.41, 5.74) is 3.48. The van der Waals surface area contributed by atoms with Crippen molar-refractivity contribution in [2.75, 3.05) is 19.6 Å². The second-order valence-corrected chi connectivity index (χ2v) is 9.69. The molecule has 4 aromatic rings. The summed E-state index contributed by atoms with van der Waals surface area (Å²) in [6.07, 6.45) is 6.69. The highest BCUT2D eigenvalue weighted by molar-refractivity contribution is 5.68. The van der Waals surface area contributed by atoms with Gasteiger partial charge in [-0.05, 0) is 30.5 Å². The molecule has 0 saturated carbocycles. The van der Waals surface area contributed by atoms with Gasteiger partial charge >= 0.3 is 12.2 Å². The van der Waals surface area contributed by atoms with Crippen LogP contribution in [0.1, 0.15) is 29.4 Å². The molecule has 4 N–H and O–H groups in total. The molecule has 0 aliphatic rings. The lowest BCUT2D eigenvalue weighted by molar-refractivity contribution is 0.125. The maximum atomic E-state index is 12.7. The summed E-state index contributed by atoms with van der Waals surface area (Å²) in [5, 5.41) is 6.06. The average molecular weight is 560 g/mol. The van der Waals surface area contributed by atoms with Crippen molar-refractivity contribution in [3.8, 4) is 0 Å². The lowest BCUT2D eigenvalue weighted by Crippen LogP contribution is -2.50. The van der Waals surface area contributed by atoms with E-state index in [4.69, 9.17) is 9.47 Å². The number of ether oxygens (including phenoxy) is 2. The maximum absolute atomic E-state index is 12.7. The fraction of sp³-hybridized carbons (Fsp3) is 0.333. The molecular formula is C30H37N7O4. The van der Waals surface area contributed by atoms with Gasteiger partial charge in [-0.15, -0.1) is 0 Å². The van der Waals surface area contributed by atoms with E-state index in [0.717, 1.165) is 11.1 Å². The summed E-state index contributed by atoms with van der Waals surface area (Å²) in [5.74, 6) is 0. The number of nitrogens with one attached hydrogen (secondary N) is 4. The highest BCUT2D eigenvalue weighted by Gasteiger charge is 2.22. The topological polar surface area (TPSA) is 137 Å². The van der Waals surface area contributed by atoms with Crippen LogP contribution in [0.15, 0.2) is 85.7 Å². The van der Waals surface area contributed by atoms with Crippen LogP contribution < -0.4 is 10.6 Å². The van der Waals surface area contributed by atoms with E-state index in [2.05, 4.69) is 42.4 Å². The molecule has 0 fully saturated rings. The van der Waals surface area contributed by atoms with Gasteiger partial charge in [0.25, 0.3) is 0 Å². The summed E-state index contributed by atoms with van der Waals surface area (Å²) in [6, 6.07) is 19.5. The molecule has 2 atom stereocenters. The lowest BCUT2D eigenvalue weighted by atomic mass is 10.0. The second-order valence-electron chi connectivity index (χ2n) is 9.69. The molecule has 0 saturated heterocycles. The normalized spacial score (nSPS) is 12.4. The molecule has 0 radical (unpaired) electrons. The second kappa shape index (κ2) is 15.8. The number of aromatic nitrogens is 4. The highest BCUT2D eigenvalue weighted by atomic mass is 16.6. The zero-order valence-electron chi connectivity index (χ0n) is 23.2. The van der Waals surface area contributed by atoms with Gasteiger partial charge in [0.05, 0.1) is 24.0 Å². The molecule has 0 aliphatic carbocycles. The minimum absolute atomic E-state index is 0.0777. The van der Waals surface area contributed by atoms with Crippen LogP contribution in [-0.2, 0) is 35.5 Å². The molecule has 11 nitrogen and oxygen atoms in total. The van der Waals surface area contributed by atoms with Gasteiger partial charge < -0.3 is 30.1 Å². The van der Waals surface area contributed by atoms with E-state index in [9.17, 15) is 9.59 Å². The van der Waals surface area contributed by atoms with E-state index >= 15 is 0 Å². The first-order valence-electron chi connectivity index (χ1n) is 13.7. The van der Waals surface area contributed by atoms with Crippen molar-refractivity contribution in [3.63, 3.8) is 0 Å². The van der Waals surface area contributed by atoms with Gasteiger partial charge in [0.1, 0.15) is 13.2 Å². The number of hydrogen-bond donors (Lipinski definition) is 4. The van der Waals surface area contributed by atoms with Crippen molar-refractivity contribution in [1.29, 1.82) is 0 Å². The molecule has 216 valence electrons. The summed E-state index contributed by atoms with van der Waals surface area (Å²) >= 11 is 0. The first kappa shape index (κ1) is 29.3. The smallest absolute Gasteiger partial charge is 0.407 e. The van der Waals surface area contributed by atoms with Crippen LogP contribution in [0.5, 0.6) is 0 Å². The number of carbonyl (C=O) groups excluding carboxylic acids is 2. The number of benzene rings is 2. The molecule has 0 bridgehead atoms. The zero-order valence-corrected chi connectivity index (χ0v) is 23.2. The van der Waals surface area contributed by atoms with E-state index in [1.165, 1.54) is 0 Å². The van der Waals surface area contributed by atoms with E-state index in [-0.39, 0.29) is 25.3 Å². The molecule has 0 spiro atoms. The van der Waals surface area contributed by atoms with Gasteiger partial charge in [-0.3, -0.25) is 4.90 Å². The van der Waals surface area contributed by atoms with E-state index in [1.54, 1.807) is 25.0 Å². The number of hydrogen-bond acceptors (Lipinski definition) is 7. The molecule has 41 heavy (non-hydrogen) atoms. The molecule has 2 aromatic heterocycles. The van der Waals surface area contributed by atoms with Crippen molar-refractivity contribution < 1.29 is 19.1 Å². The van der Waals surface area contributed by atoms with E-state index in [0.29, 0.717) is 43.9 Å². The molecule has 0 aliphatic heterocycles. The molecule has 2 amide bonds. The molecule has 2 aromatic carbocycles. The monoisotopic (exact) mass is 559 g/mol.